The van der Waals surface area contributed by atoms with E-state index in [1.165, 1.54) is 7.11 Å². The zero-order valence-corrected chi connectivity index (χ0v) is 8.60. The van der Waals surface area contributed by atoms with Gasteiger partial charge in [0.2, 0.25) is 0 Å². The molecule has 0 saturated heterocycles. The maximum Gasteiger partial charge on any atom is 0.340 e. The molecule has 16 heavy (non-hydrogen) atoms. The predicted molar refractivity (Wildman–Crippen MR) is 57.8 cm³/mol. The molecule has 0 saturated carbocycles. The maximum atomic E-state index is 11.6. The molecule has 2 aliphatic heterocycles. The van der Waals surface area contributed by atoms with Crippen molar-refractivity contribution < 1.29 is 9.53 Å². The molecule has 0 fully saturated rings. The summed E-state index contributed by atoms with van der Waals surface area (Å²) in [6, 6.07) is 3.75. The van der Waals surface area contributed by atoms with Crippen LogP contribution in [-0.2, 0) is 9.53 Å². The molecular formula is C12H8N2O2. The second kappa shape index (κ2) is 3.13. The van der Waals surface area contributed by atoms with E-state index in [1.54, 1.807) is 12.4 Å². The van der Waals surface area contributed by atoms with Gasteiger partial charge in [-0.15, -0.1) is 0 Å². The molecule has 1 aromatic rings. The smallest absolute Gasteiger partial charge is 0.340 e. The monoisotopic (exact) mass is 212 g/mol. The number of carbonyl (C=O) groups is 1. The molecule has 0 atom stereocenters. The Labute approximate surface area is 91.3 Å². The van der Waals surface area contributed by atoms with Crippen LogP contribution in [0.25, 0.3) is 11.6 Å². The number of fused-ring (bicyclic) bond motifs is 3. The van der Waals surface area contributed by atoms with Crippen LogP contribution < -0.4 is 10.7 Å². The lowest BCUT2D eigenvalue weighted by atomic mass is 10.0. The first-order valence-electron chi connectivity index (χ1n) is 4.85. The Kier molecular flexibility index (Phi) is 1.77. The zero-order chi connectivity index (χ0) is 11.1. The second-order valence-electron chi connectivity index (χ2n) is 3.50. The van der Waals surface area contributed by atoms with Crippen LogP contribution in [0, 0.1) is 0 Å². The van der Waals surface area contributed by atoms with Crippen LogP contribution >= 0.6 is 0 Å². The van der Waals surface area contributed by atoms with E-state index >= 15 is 0 Å². The highest BCUT2D eigenvalue weighted by molar-refractivity contribution is 6.17. The van der Waals surface area contributed by atoms with E-state index in [-0.39, 0.29) is 5.97 Å². The molecular weight excluding hydrogens is 204 g/mol. The third-order valence-electron chi connectivity index (χ3n) is 2.66. The van der Waals surface area contributed by atoms with E-state index in [0.29, 0.717) is 5.57 Å². The maximum absolute atomic E-state index is 11.6. The van der Waals surface area contributed by atoms with E-state index < -0.39 is 0 Å². The van der Waals surface area contributed by atoms with Crippen molar-refractivity contribution in [2.75, 3.05) is 7.11 Å². The second-order valence-corrected chi connectivity index (χ2v) is 3.50. The van der Waals surface area contributed by atoms with E-state index in [2.05, 4.69) is 9.98 Å². The fraction of sp³-hybridized carbons (Fsp3) is 0.0833. The van der Waals surface area contributed by atoms with Gasteiger partial charge in [-0.05, 0) is 18.2 Å². The van der Waals surface area contributed by atoms with Crippen LogP contribution in [0.3, 0.4) is 0 Å². The van der Waals surface area contributed by atoms with E-state index in [0.717, 1.165) is 21.8 Å². The lowest BCUT2D eigenvalue weighted by Gasteiger charge is -2.03. The number of nitrogens with zero attached hydrogens (tertiary/aromatic N) is 2. The molecule has 4 heteroatoms. The van der Waals surface area contributed by atoms with Crippen molar-refractivity contribution in [3.63, 3.8) is 0 Å². The van der Waals surface area contributed by atoms with Crippen molar-refractivity contribution >= 4 is 17.6 Å². The van der Waals surface area contributed by atoms with Gasteiger partial charge in [-0.25, -0.2) is 4.79 Å². The van der Waals surface area contributed by atoms with Crippen molar-refractivity contribution in [1.82, 2.24) is 0 Å². The lowest BCUT2D eigenvalue weighted by Crippen LogP contribution is -2.18. The number of rotatable bonds is 1. The summed E-state index contributed by atoms with van der Waals surface area (Å²) < 4.78 is 4.73. The molecule has 78 valence electrons. The Balaban J connectivity index is 2.29. The first-order valence-corrected chi connectivity index (χ1v) is 4.85. The van der Waals surface area contributed by atoms with E-state index in [4.69, 9.17) is 4.74 Å². The lowest BCUT2D eigenvalue weighted by molar-refractivity contribution is -0.133. The number of benzene rings is 1. The van der Waals surface area contributed by atoms with Crippen LogP contribution in [-0.4, -0.2) is 13.1 Å². The molecule has 3 rings (SSSR count). The average molecular weight is 212 g/mol. The molecule has 2 aliphatic rings. The number of ether oxygens (including phenoxy) is 1. The van der Waals surface area contributed by atoms with Gasteiger partial charge in [-0.2, -0.15) is 0 Å². The highest BCUT2D eigenvalue weighted by Crippen LogP contribution is 2.20. The summed E-state index contributed by atoms with van der Waals surface area (Å²) in [5.41, 5.74) is 2.26. The highest BCUT2D eigenvalue weighted by Gasteiger charge is 2.22. The summed E-state index contributed by atoms with van der Waals surface area (Å²) in [6.45, 7) is 0. The average Bonchev–Trinajstić information content (AvgIpc) is 2.92. The van der Waals surface area contributed by atoms with Gasteiger partial charge in [0.25, 0.3) is 0 Å². The van der Waals surface area contributed by atoms with Crippen molar-refractivity contribution in [1.29, 1.82) is 0 Å². The Hall–Kier alpha value is -2.23. The number of esters is 1. The van der Waals surface area contributed by atoms with Gasteiger partial charge in [0, 0.05) is 23.5 Å². The molecule has 0 amide bonds. The standard InChI is InChI=1S/C12H8N2O2/c1-16-12(15)8-6-14-10-3-2-9-7(11(8)10)4-5-13-9/h2-6H,1H3. The van der Waals surface area contributed by atoms with Crippen molar-refractivity contribution in [3.8, 4) is 0 Å². The van der Waals surface area contributed by atoms with Gasteiger partial charge in [0.05, 0.1) is 23.4 Å². The van der Waals surface area contributed by atoms with Crippen molar-refractivity contribution in [2.45, 2.75) is 0 Å². The molecule has 0 aromatic heterocycles. The third kappa shape index (κ3) is 1.07. The fourth-order valence-electron chi connectivity index (χ4n) is 1.92. The van der Waals surface area contributed by atoms with Crippen LogP contribution in [0.4, 0.5) is 0 Å². The zero-order valence-electron chi connectivity index (χ0n) is 8.60. The van der Waals surface area contributed by atoms with Crippen LogP contribution in [0.1, 0.15) is 11.1 Å². The fourth-order valence-corrected chi connectivity index (χ4v) is 1.92. The Morgan fingerprint density at radius 2 is 2.06 bits per heavy atom. The first kappa shape index (κ1) is 9.03. The highest BCUT2D eigenvalue weighted by atomic mass is 16.5. The molecule has 0 unspecified atom stereocenters. The molecule has 0 aliphatic carbocycles. The quantitative estimate of drug-likeness (QED) is 0.634. The minimum atomic E-state index is -0.365. The molecule has 0 N–H and O–H groups in total. The molecule has 0 radical (unpaired) electrons. The van der Waals surface area contributed by atoms with Gasteiger partial charge < -0.3 is 4.74 Å². The van der Waals surface area contributed by atoms with Crippen molar-refractivity contribution in [2.24, 2.45) is 9.98 Å². The number of methoxy groups -OCH3 is 1. The summed E-state index contributed by atoms with van der Waals surface area (Å²) >= 11 is 0. The first-order chi connectivity index (χ1) is 7.81. The minimum absolute atomic E-state index is 0.365. The van der Waals surface area contributed by atoms with Crippen LogP contribution in [0.15, 0.2) is 34.5 Å². The molecule has 4 nitrogen and oxygen atoms in total. The molecule has 0 spiro atoms. The van der Waals surface area contributed by atoms with E-state index in [9.17, 15) is 4.79 Å². The predicted octanol–water partition coefficient (Wildman–Crippen LogP) is 0.438. The number of hydrogen-bond donors (Lipinski definition) is 0. The molecule has 2 heterocycles. The van der Waals surface area contributed by atoms with Crippen LogP contribution in [0.5, 0.6) is 0 Å². The van der Waals surface area contributed by atoms with Gasteiger partial charge in [0.15, 0.2) is 0 Å². The van der Waals surface area contributed by atoms with Gasteiger partial charge in [-0.3, -0.25) is 9.98 Å². The molecule has 0 bridgehead atoms. The largest absolute Gasteiger partial charge is 0.465 e. The summed E-state index contributed by atoms with van der Waals surface area (Å²) in [6.07, 6.45) is 5.15. The summed E-state index contributed by atoms with van der Waals surface area (Å²) in [5, 5.41) is 1.66. The molecule has 1 aromatic carbocycles. The minimum Gasteiger partial charge on any atom is -0.465 e. The van der Waals surface area contributed by atoms with Crippen molar-refractivity contribution in [3.05, 3.63) is 46.4 Å². The van der Waals surface area contributed by atoms with Gasteiger partial charge in [0.1, 0.15) is 0 Å². The third-order valence-corrected chi connectivity index (χ3v) is 2.66. The SMILES string of the molecule is COC(=O)C1=CN=c2ccc3c(c21)C=CN=3. The summed E-state index contributed by atoms with van der Waals surface area (Å²) in [5.74, 6) is -0.365. The number of hydrogen-bond acceptors (Lipinski definition) is 4. The summed E-state index contributed by atoms with van der Waals surface area (Å²) in [4.78, 5) is 20.0. The van der Waals surface area contributed by atoms with E-state index in [1.807, 2.05) is 18.2 Å². The topological polar surface area (TPSA) is 51.0 Å². The normalized spacial score (nSPS) is 14.7. The summed E-state index contributed by atoms with van der Waals surface area (Å²) in [7, 11) is 1.37. The number of carbonyl (C=O) groups excluding carboxylic acids is 1. The Morgan fingerprint density at radius 1 is 1.25 bits per heavy atom. The van der Waals surface area contributed by atoms with Gasteiger partial charge in [-0.1, -0.05) is 0 Å². The Morgan fingerprint density at radius 3 is 2.88 bits per heavy atom. The Bertz CT molecular complexity index is 669. The van der Waals surface area contributed by atoms with Gasteiger partial charge >= 0.3 is 5.97 Å². The van der Waals surface area contributed by atoms with Crippen LogP contribution in [0.2, 0.25) is 0 Å².